The van der Waals surface area contributed by atoms with E-state index in [-0.39, 0.29) is 0 Å². The first-order valence-corrected chi connectivity index (χ1v) is 4.51. The van der Waals surface area contributed by atoms with Gasteiger partial charge in [0.15, 0.2) is 0 Å². The zero-order chi connectivity index (χ0) is 8.48. The fraction of sp³-hybridized carbons (Fsp3) is 0.818. The largest absolute Gasteiger partial charge is 0.120 e. The van der Waals surface area contributed by atoms with E-state index in [2.05, 4.69) is 26.7 Å². The van der Waals surface area contributed by atoms with Crippen LogP contribution in [0.2, 0.25) is 0 Å². The Bertz CT molecular complexity index is 171. The summed E-state index contributed by atoms with van der Waals surface area (Å²) in [7, 11) is 0. The quantitative estimate of drug-likeness (QED) is 0.504. The molecule has 0 spiro atoms. The maximum atomic E-state index is 5.39. The van der Waals surface area contributed by atoms with Gasteiger partial charge in [0.2, 0.25) is 0 Å². The van der Waals surface area contributed by atoms with Gasteiger partial charge in [-0.05, 0) is 30.6 Å². The van der Waals surface area contributed by atoms with Crippen molar-refractivity contribution in [1.29, 1.82) is 0 Å². The van der Waals surface area contributed by atoms with Crippen LogP contribution in [0, 0.1) is 29.6 Å². The summed E-state index contributed by atoms with van der Waals surface area (Å²) in [5.41, 5.74) is 0.551. The van der Waals surface area contributed by atoms with E-state index >= 15 is 0 Å². The van der Waals surface area contributed by atoms with Gasteiger partial charge in [0.1, 0.15) is 0 Å². The molecule has 0 aromatic rings. The van der Waals surface area contributed by atoms with Gasteiger partial charge in [0.05, 0.1) is 0 Å². The molecule has 2 unspecified atom stereocenters. The van der Waals surface area contributed by atoms with Gasteiger partial charge >= 0.3 is 0 Å². The molecule has 0 radical (unpaired) electrons. The predicted molar refractivity (Wildman–Crippen MR) is 49.1 cm³/mol. The zero-order valence-electron chi connectivity index (χ0n) is 7.85. The average molecular weight is 150 g/mol. The van der Waals surface area contributed by atoms with E-state index in [0.717, 1.165) is 5.92 Å². The van der Waals surface area contributed by atoms with Gasteiger partial charge in [0, 0.05) is 5.92 Å². The molecule has 1 fully saturated rings. The van der Waals surface area contributed by atoms with Crippen LogP contribution in [0.4, 0.5) is 0 Å². The van der Waals surface area contributed by atoms with E-state index < -0.39 is 0 Å². The van der Waals surface area contributed by atoms with Crippen molar-refractivity contribution in [2.45, 2.75) is 40.0 Å². The fourth-order valence-electron chi connectivity index (χ4n) is 2.05. The van der Waals surface area contributed by atoms with Crippen molar-refractivity contribution in [3.05, 3.63) is 0 Å². The highest BCUT2D eigenvalue weighted by atomic mass is 14.4. The van der Waals surface area contributed by atoms with Crippen molar-refractivity contribution in [1.82, 2.24) is 0 Å². The Morgan fingerprint density at radius 1 is 1.55 bits per heavy atom. The first-order chi connectivity index (χ1) is 5.05. The number of hydrogen-bond acceptors (Lipinski definition) is 0. The van der Waals surface area contributed by atoms with Crippen LogP contribution < -0.4 is 0 Å². The van der Waals surface area contributed by atoms with Crippen molar-refractivity contribution in [3.8, 4) is 12.3 Å². The molecular weight excluding hydrogens is 132 g/mol. The number of terminal acetylenes is 1. The molecule has 1 saturated carbocycles. The van der Waals surface area contributed by atoms with Gasteiger partial charge in [-0.25, -0.2) is 0 Å². The van der Waals surface area contributed by atoms with Crippen LogP contribution in [0.3, 0.4) is 0 Å². The third-order valence-corrected chi connectivity index (χ3v) is 2.98. The Morgan fingerprint density at radius 3 is 2.55 bits per heavy atom. The molecule has 2 atom stereocenters. The molecule has 0 aliphatic heterocycles. The third kappa shape index (κ3) is 1.99. The molecule has 1 aliphatic rings. The third-order valence-electron chi connectivity index (χ3n) is 2.98. The molecule has 1 rings (SSSR count). The smallest absolute Gasteiger partial charge is 0.0200 e. The van der Waals surface area contributed by atoms with Crippen LogP contribution in [-0.4, -0.2) is 0 Å². The maximum absolute atomic E-state index is 5.39. The second-order valence-electron chi connectivity index (χ2n) is 4.62. The van der Waals surface area contributed by atoms with Crippen molar-refractivity contribution in [3.63, 3.8) is 0 Å². The molecule has 0 heterocycles. The van der Waals surface area contributed by atoms with E-state index in [1.165, 1.54) is 19.3 Å². The van der Waals surface area contributed by atoms with Crippen molar-refractivity contribution >= 4 is 0 Å². The van der Waals surface area contributed by atoms with Gasteiger partial charge in [-0.1, -0.05) is 20.8 Å². The lowest BCUT2D eigenvalue weighted by molar-refractivity contribution is 0.340. The summed E-state index contributed by atoms with van der Waals surface area (Å²) in [6, 6.07) is 0. The van der Waals surface area contributed by atoms with Gasteiger partial charge in [-0.15, -0.1) is 12.3 Å². The van der Waals surface area contributed by atoms with Crippen LogP contribution in [0.5, 0.6) is 0 Å². The number of rotatable bonds is 1. The molecule has 0 aromatic carbocycles. The summed E-state index contributed by atoms with van der Waals surface area (Å²) in [4.78, 5) is 0. The van der Waals surface area contributed by atoms with Crippen molar-refractivity contribution in [2.24, 2.45) is 17.3 Å². The first-order valence-electron chi connectivity index (χ1n) is 4.51. The molecule has 0 bridgehead atoms. The lowest BCUT2D eigenvalue weighted by Crippen LogP contribution is -2.09. The molecule has 0 N–H and O–H groups in total. The Labute approximate surface area is 70.4 Å². The highest BCUT2D eigenvalue weighted by molar-refractivity contribution is 4.97. The van der Waals surface area contributed by atoms with Crippen LogP contribution in [-0.2, 0) is 0 Å². The van der Waals surface area contributed by atoms with Gasteiger partial charge < -0.3 is 0 Å². The zero-order valence-corrected chi connectivity index (χ0v) is 7.85. The fourth-order valence-corrected chi connectivity index (χ4v) is 2.05. The molecular formula is C11H18. The minimum atomic E-state index is 0.483. The lowest BCUT2D eigenvalue weighted by atomic mass is 9.87. The van der Waals surface area contributed by atoms with E-state index in [1.807, 2.05) is 0 Å². The summed E-state index contributed by atoms with van der Waals surface area (Å²) in [5.74, 6) is 4.11. The SMILES string of the molecule is C#CC(C)C1CCC(C)(C)C1. The maximum Gasteiger partial charge on any atom is 0.0200 e. The van der Waals surface area contributed by atoms with Gasteiger partial charge in [-0.2, -0.15) is 0 Å². The Hall–Kier alpha value is -0.440. The van der Waals surface area contributed by atoms with Crippen molar-refractivity contribution < 1.29 is 0 Å². The summed E-state index contributed by atoms with van der Waals surface area (Å²) in [6.07, 6.45) is 9.39. The van der Waals surface area contributed by atoms with E-state index in [9.17, 15) is 0 Å². The van der Waals surface area contributed by atoms with Crippen molar-refractivity contribution in [2.75, 3.05) is 0 Å². The molecule has 0 heteroatoms. The monoisotopic (exact) mass is 150 g/mol. The summed E-state index contributed by atoms with van der Waals surface area (Å²) in [6.45, 7) is 6.86. The van der Waals surface area contributed by atoms with E-state index in [4.69, 9.17) is 6.42 Å². The molecule has 11 heavy (non-hydrogen) atoms. The molecule has 0 amide bonds. The van der Waals surface area contributed by atoms with E-state index in [1.54, 1.807) is 0 Å². The average Bonchev–Trinajstić information content (AvgIpc) is 2.29. The molecule has 0 saturated heterocycles. The summed E-state index contributed by atoms with van der Waals surface area (Å²) >= 11 is 0. The van der Waals surface area contributed by atoms with Crippen LogP contribution in [0.1, 0.15) is 40.0 Å². The standard InChI is InChI=1S/C11H18/c1-5-9(2)10-6-7-11(3,4)8-10/h1,9-10H,6-8H2,2-4H3. The number of hydrogen-bond donors (Lipinski definition) is 0. The predicted octanol–water partition coefficient (Wildman–Crippen LogP) is 3.08. The van der Waals surface area contributed by atoms with Crippen LogP contribution in [0.15, 0.2) is 0 Å². The second kappa shape index (κ2) is 2.89. The molecule has 0 nitrogen and oxygen atoms in total. The summed E-state index contributed by atoms with van der Waals surface area (Å²) < 4.78 is 0. The highest BCUT2D eigenvalue weighted by Crippen LogP contribution is 2.43. The minimum absolute atomic E-state index is 0.483. The molecule has 1 aliphatic carbocycles. The van der Waals surface area contributed by atoms with E-state index in [0.29, 0.717) is 11.3 Å². The molecule has 62 valence electrons. The Morgan fingerprint density at radius 2 is 2.18 bits per heavy atom. The highest BCUT2D eigenvalue weighted by Gasteiger charge is 2.32. The van der Waals surface area contributed by atoms with Crippen LogP contribution in [0.25, 0.3) is 0 Å². The normalized spacial score (nSPS) is 31.3. The first kappa shape index (κ1) is 8.65. The summed E-state index contributed by atoms with van der Waals surface area (Å²) in [5, 5.41) is 0. The van der Waals surface area contributed by atoms with Crippen LogP contribution >= 0.6 is 0 Å². The second-order valence-corrected chi connectivity index (χ2v) is 4.62. The minimum Gasteiger partial charge on any atom is -0.120 e. The van der Waals surface area contributed by atoms with Gasteiger partial charge in [-0.3, -0.25) is 0 Å². The lowest BCUT2D eigenvalue weighted by Gasteiger charge is -2.18. The Kier molecular flexibility index (Phi) is 2.28. The Balaban J connectivity index is 2.50. The topological polar surface area (TPSA) is 0 Å². The van der Waals surface area contributed by atoms with Gasteiger partial charge in [0.25, 0.3) is 0 Å². The molecule has 0 aromatic heterocycles.